The number of nitrogens with one attached hydrogen (secondary N) is 2. The maximum atomic E-state index is 14.0. The molecule has 3 aromatic carbocycles. The van der Waals surface area contributed by atoms with Gasteiger partial charge in [0.2, 0.25) is 5.91 Å². The Morgan fingerprint density at radius 3 is 2.62 bits per heavy atom. The number of benzene rings is 3. The predicted octanol–water partition coefficient (Wildman–Crippen LogP) is 6.02. The fraction of sp³-hybridized carbons (Fsp3) is 0.310. The fourth-order valence-electron chi connectivity index (χ4n) is 5.16. The van der Waals surface area contributed by atoms with E-state index in [2.05, 4.69) is 26.8 Å². The molecule has 1 aliphatic rings. The van der Waals surface area contributed by atoms with Gasteiger partial charge in [0.05, 0.1) is 22.0 Å². The van der Waals surface area contributed by atoms with Crippen molar-refractivity contribution in [2.45, 2.75) is 31.6 Å². The molecule has 10 heteroatoms. The summed E-state index contributed by atoms with van der Waals surface area (Å²) >= 11 is 1.33. The molecular weight excluding hydrogens is 530 g/mol. The molecule has 8 nitrogen and oxygen atoms in total. The van der Waals surface area contributed by atoms with E-state index >= 15 is 0 Å². The van der Waals surface area contributed by atoms with Crippen molar-refractivity contribution < 1.29 is 13.2 Å². The Hall–Kier alpha value is -3.63. The van der Waals surface area contributed by atoms with Crippen LogP contribution < -0.4 is 19.8 Å². The van der Waals surface area contributed by atoms with Gasteiger partial charge >= 0.3 is 0 Å². The number of carbonyl (C=O) groups is 1. The molecule has 2 N–H and O–H groups in total. The molecule has 1 amide bonds. The summed E-state index contributed by atoms with van der Waals surface area (Å²) in [4.78, 5) is 20.5. The van der Waals surface area contributed by atoms with Gasteiger partial charge in [-0.25, -0.2) is 13.4 Å². The van der Waals surface area contributed by atoms with Crippen LogP contribution in [0.25, 0.3) is 22.0 Å². The number of fused-ring (bicyclic) bond motifs is 1. The lowest BCUT2D eigenvalue weighted by atomic mass is 9.99. The number of hydrogen-bond donors (Lipinski definition) is 2. The number of sulfonamides is 1. The van der Waals surface area contributed by atoms with Crippen LogP contribution in [0, 0.1) is 5.92 Å². The van der Waals surface area contributed by atoms with E-state index in [4.69, 9.17) is 0 Å². The quantitative estimate of drug-likeness (QED) is 0.285. The first kappa shape index (κ1) is 27.0. The Labute approximate surface area is 233 Å². The highest BCUT2D eigenvalue weighted by atomic mass is 32.2. The number of rotatable bonds is 7. The SMILES string of the molecule is CC(=O)Nc1nc(-c2ccc(N3CCCC(C)C3)c(NS(=O)(=O)c3cccc4c(N(C)C)cccc34)c2)cs1. The summed E-state index contributed by atoms with van der Waals surface area (Å²) in [6.07, 6.45) is 2.21. The Kier molecular flexibility index (Phi) is 7.51. The van der Waals surface area contributed by atoms with Gasteiger partial charge in [-0.3, -0.25) is 9.52 Å². The average Bonchev–Trinajstić information content (AvgIpc) is 3.35. The third-order valence-corrected chi connectivity index (χ3v) is 9.13. The van der Waals surface area contributed by atoms with Crippen LogP contribution >= 0.6 is 11.3 Å². The molecular formula is C29H33N5O3S2. The van der Waals surface area contributed by atoms with Gasteiger partial charge in [0.15, 0.2) is 5.13 Å². The Morgan fingerprint density at radius 1 is 1.10 bits per heavy atom. The van der Waals surface area contributed by atoms with Crippen LogP contribution in [0.2, 0.25) is 0 Å². The third kappa shape index (κ3) is 5.72. The molecule has 2 heterocycles. The van der Waals surface area contributed by atoms with E-state index in [0.717, 1.165) is 48.3 Å². The standard InChI is InChI=1S/C29H33N5O3S2/c1-19-8-7-15-34(17-19)27-14-13-21(25-18-38-29(31-25)30-20(2)35)16-24(27)32-39(36,37)28-12-6-9-22-23(28)10-5-11-26(22)33(3)4/h5-6,9-14,16,18-19,32H,7-8,15,17H2,1-4H3,(H,30,31,35). The van der Waals surface area contributed by atoms with Gasteiger partial charge < -0.3 is 15.1 Å². The number of aromatic nitrogens is 1. The molecule has 0 spiro atoms. The van der Waals surface area contributed by atoms with E-state index in [1.807, 2.05) is 66.8 Å². The molecule has 1 unspecified atom stereocenters. The molecule has 204 valence electrons. The topological polar surface area (TPSA) is 94.6 Å². The number of amides is 1. The van der Waals surface area contributed by atoms with Crippen LogP contribution in [0.3, 0.4) is 0 Å². The van der Waals surface area contributed by atoms with Crippen LogP contribution in [-0.4, -0.2) is 46.5 Å². The maximum absolute atomic E-state index is 14.0. The van der Waals surface area contributed by atoms with E-state index in [9.17, 15) is 13.2 Å². The molecule has 5 rings (SSSR count). The lowest BCUT2D eigenvalue weighted by Gasteiger charge is -2.34. The second-order valence-corrected chi connectivity index (χ2v) is 12.8. The Bertz CT molecular complexity index is 1630. The van der Waals surface area contributed by atoms with Crippen LogP contribution in [0.5, 0.6) is 0 Å². The zero-order valence-electron chi connectivity index (χ0n) is 22.6. The molecule has 0 saturated carbocycles. The van der Waals surface area contributed by atoms with Crippen molar-refractivity contribution in [3.05, 3.63) is 60.0 Å². The monoisotopic (exact) mass is 563 g/mol. The summed E-state index contributed by atoms with van der Waals surface area (Å²) in [6.45, 7) is 5.39. The third-order valence-electron chi connectivity index (χ3n) is 6.95. The van der Waals surface area contributed by atoms with Gasteiger partial charge in [-0.15, -0.1) is 11.3 Å². The van der Waals surface area contributed by atoms with Gasteiger partial charge in [-0.1, -0.05) is 37.3 Å². The van der Waals surface area contributed by atoms with Crippen molar-refractivity contribution in [1.82, 2.24) is 4.98 Å². The molecule has 1 aliphatic heterocycles. The zero-order valence-corrected chi connectivity index (χ0v) is 24.2. The van der Waals surface area contributed by atoms with Crippen LogP contribution in [0.4, 0.5) is 22.2 Å². The first-order valence-electron chi connectivity index (χ1n) is 13.0. The van der Waals surface area contributed by atoms with Crippen molar-refractivity contribution >= 4 is 60.2 Å². The summed E-state index contributed by atoms with van der Waals surface area (Å²) in [5.41, 5.74) is 3.75. The number of thiazole rings is 1. The van der Waals surface area contributed by atoms with Gasteiger partial charge in [-0.2, -0.15) is 0 Å². The lowest BCUT2D eigenvalue weighted by molar-refractivity contribution is -0.114. The maximum Gasteiger partial charge on any atom is 0.262 e. The van der Waals surface area contributed by atoms with Gasteiger partial charge in [-0.05, 0) is 43.0 Å². The van der Waals surface area contributed by atoms with Crippen LogP contribution in [0.1, 0.15) is 26.7 Å². The molecule has 0 aliphatic carbocycles. The minimum atomic E-state index is -3.94. The Balaban J connectivity index is 1.58. The fourth-order valence-corrected chi connectivity index (χ4v) is 7.22. The van der Waals surface area contributed by atoms with E-state index in [1.54, 1.807) is 12.1 Å². The highest BCUT2D eigenvalue weighted by Crippen LogP contribution is 2.37. The van der Waals surface area contributed by atoms with Crippen LogP contribution in [0.15, 0.2) is 64.9 Å². The number of nitrogens with zero attached hydrogens (tertiary/aromatic N) is 3. The number of carbonyl (C=O) groups excluding carboxylic acids is 1. The largest absolute Gasteiger partial charge is 0.377 e. The molecule has 1 saturated heterocycles. The molecule has 1 fully saturated rings. The molecule has 0 bridgehead atoms. The average molecular weight is 564 g/mol. The van der Waals surface area contributed by atoms with E-state index in [-0.39, 0.29) is 10.8 Å². The minimum absolute atomic E-state index is 0.188. The highest BCUT2D eigenvalue weighted by Gasteiger charge is 2.24. The normalized spacial score (nSPS) is 15.8. The summed E-state index contributed by atoms with van der Waals surface area (Å²) in [5, 5.41) is 6.61. The van der Waals surface area contributed by atoms with Gasteiger partial charge in [0.25, 0.3) is 10.0 Å². The summed E-state index contributed by atoms with van der Waals surface area (Å²) in [6, 6.07) is 16.9. The van der Waals surface area contributed by atoms with Gasteiger partial charge in [0, 0.05) is 61.5 Å². The minimum Gasteiger partial charge on any atom is -0.377 e. The summed E-state index contributed by atoms with van der Waals surface area (Å²) < 4.78 is 30.9. The molecule has 1 atom stereocenters. The highest BCUT2D eigenvalue weighted by molar-refractivity contribution is 7.93. The first-order valence-corrected chi connectivity index (χ1v) is 15.3. The van der Waals surface area contributed by atoms with E-state index in [1.165, 1.54) is 18.3 Å². The Morgan fingerprint density at radius 2 is 1.87 bits per heavy atom. The second-order valence-electron chi connectivity index (χ2n) is 10.3. The molecule has 0 radical (unpaired) electrons. The second kappa shape index (κ2) is 10.9. The van der Waals surface area contributed by atoms with Crippen LogP contribution in [-0.2, 0) is 14.8 Å². The molecule has 39 heavy (non-hydrogen) atoms. The molecule has 1 aromatic heterocycles. The number of piperidine rings is 1. The van der Waals surface area contributed by atoms with Crippen molar-refractivity contribution in [3.8, 4) is 11.3 Å². The lowest BCUT2D eigenvalue weighted by Crippen LogP contribution is -2.34. The van der Waals surface area contributed by atoms with Crippen molar-refractivity contribution in [3.63, 3.8) is 0 Å². The summed E-state index contributed by atoms with van der Waals surface area (Å²) in [7, 11) is -0.0450. The predicted molar refractivity (Wildman–Crippen MR) is 162 cm³/mol. The van der Waals surface area contributed by atoms with Crippen molar-refractivity contribution in [2.75, 3.05) is 47.0 Å². The van der Waals surface area contributed by atoms with Crippen molar-refractivity contribution in [1.29, 1.82) is 0 Å². The van der Waals surface area contributed by atoms with E-state index in [0.29, 0.717) is 27.8 Å². The first-order chi connectivity index (χ1) is 18.6. The van der Waals surface area contributed by atoms with Gasteiger partial charge in [0.1, 0.15) is 0 Å². The molecule has 4 aromatic rings. The zero-order chi connectivity index (χ0) is 27.7. The smallest absolute Gasteiger partial charge is 0.262 e. The number of hydrogen-bond acceptors (Lipinski definition) is 7. The van der Waals surface area contributed by atoms with E-state index < -0.39 is 10.0 Å². The summed E-state index contributed by atoms with van der Waals surface area (Å²) in [5.74, 6) is 0.329. The number of anilines is 4. The van der Waals surface area contributed by atoms with Crippen molar-refractivity contribution in [2.24, 2.45) is 5.92 Å².